The summed E-state index contributed by atoms with van der Waals surface area (Å²) < 4.78 is 28.2. The van der Waals surface area contributed by atoms with E-state index in [4.69, 9.17) is 0 Å². The predicted molar refractivity (Wildman–Crippen MR) is 114 cm³/mol. The van der Waals surface area contributed by atoms with Crippen LogP contribution < -0.4 is 4.72 Å². The summed E-state index contributed by atoms with van der Waals surface area (Å²) in [5.41, 5.74) is 0.889. The van der Waals surface area contributed by atoms with E-state index < -0.39 is 10.0 Å². The normalized spacial score (nSPS) is 17.3. The van der Waals surface area contributed by atoms with Crippen molar-refractivity contribution in [2.24, 2.45) is 5.92 Å². The monoisotopic (exact) mass is 497 g/mol. The molecule has 1 aromatic heterocycles. The molecule has 1 aliphatic carbocycles. The van der Waals surface area contributed by atoms with Gasteiger partial charge >= 0.3 is 0 Å². The number of hydrogen-bond donors (Lipinski definition) is 1. The molecule has 0 spiro atoms. The molecule has 2 heterocycles. The molecule has 0 atom stereocenters. The van der Waals surface area contributed by atoms with Gasteiger partial charge in [0.1, 0.15) is 4.21 Å². The molecule has 0 unspecified atom stereocenters. The number of nitrogens with zero attached hydrogens (tertiary/aromatic N) is 2. The lowest BCUT2D eigenvalue weighted by molar-refractivity contribution is -0.134. The van der Waals surface area contributed by atoms with E-state index in [0.29, 0.717) is 37.4 Å². The number of benzene rings is 1. The number of halogens is 1. The summed E-state index contributed by atoms with van der Waals surface area (Å²) in [6.45, 7) is 2.16. The molecule has 0 bridgehead atoms. The molecule has 154 valence electrons. The van der Waals surface area contributed by atoms with Gasteiger partial charge in [0.15, 0.2) is 0 Å². The van der Waals surface area contributed by atoms with E-state index in [1.165, 1.54) is 6.07 Å². The average Bonchev–Trinajstić information content (AvgIpc) is 3.47. The number of hydrogen-bond acceptors (Lipinski definition) is 5. The van der Waals surface area contributed by atoms with Crippen LogP contribution in [0.1, 0.15) is 23.2 Å². The number of anilines is 1. The lowest BCUT2D eigenvalue weighted by Gasteiger charge is -2.35. The maximum atomic E-state index is 12.7. The first-order valence-corrected chi connectivity index (χ1v) is 12.4. The van der Waals surface area contributed by atoms with E-state index in [-0.39, 0.29) is 21.9 Å². The van der Waals surface area contributed by atoms with Crippen LogP contribution in [-0.2, 0) is 14.8 Å². The largest absolute Gasteiger partial charge is 0.339 e. The zero-order valence-corrected chi connectivity index (χ0v) is 18.7. The van der Waals surface area contributed by atoms with Gasteiger partial charge in [-0.25, -0.2) is 8.42 Å². The summed E-state index contributed by atoms with van der Waals surface area (Å²) in [7, 11) is -3.66. The first-order chi connectivity index (χ1) is 13.8. The quantitative estimate of drug-likeness (QED) is 0.687. The molecule has 1 aliphatic heterocycles. The van der Waals surface area contributed by atoms with Crippen molar-refractivity contribution >= 4 is 54.8 Å². The minimum Gasteiger partial charge on any atom is -0.339 e. The summed E-state index contributed by atoms with van der Waals surface area (Å²) in [6, 6.07) is 9.61. The van der Waals surface area contributed by atoms with Gasteiger partial charge in [-0.15, -0.1) is 11.3 Å². The summed E-state index contributed by atoms with van der Waals surface area (Å²) in [4.78, 5) is 28.4. The van der Waals surface area contributed by atoms with Gasteiger partial charge in [-0.05, 0) is 65.2 Å². The fraction of sp³-hybridized carbons (Fsp3) is 0.368. The van der Waals surface area contributed by atoms with Crippen LogP contribution in [0.4, 0.5) is 5.69 Å². The Morgan fingerprint density at radius 3 is 2.14 bits per heavy atom. The zero-order valence-electron chi connectivity index (χ0n) is 15.5. The Hall–Kier alpha value is -1.91. The Kier molecular flexibility index (Phi) is 5.67. The predicted octanol–water partition coefficient (Wildman–Crippen LogP) is 3.01. The molecule has 2 amide bonds. The number of piperazine rings is 1. The van der Waals surface area contributed by atoms with Gasteiger partial charge in [-0.2, -0.15) is 0 Å². The molecule has 7 nitrogen and oxygen atoms in total. The van der Waals surface area contributed by atoms with Gasteiger partial charge in [0.05, 0.1) is 3.79 Å². The molecule has 1 aromatic carbocycles. The molecular weight excluding hydrogens is 478 g/mol. The highest BCUT2D eigenvalue weighted by Gasteiger charge is 2.35. The molecule has 1 saturated heterocycles. The molecule has 1 N–H and O–H groups in total. The topological polar surface area (TPSA) is 86.8 Å². The summed E-state index contributed by atoms with van der Waals surface area (Å²) in [5, 5.41) is 0. The molecular formula is C19H20BrN3O4S2. The number of carbonyl (C=O) groups excluding carboxylic acids is 2. The SMILES string of the molecule is O=C(c1ccc(NS(=O)(=O)c2ccc(Br)s2)cc1)N1CCN(C(=O)C2CC2)CC1. The molecule has 4 rings (SSSR count). The van der Waals surface area contributed by atoms with Crippen molar-refractivity contribution in [3.05, 3.63) is 45.7 Å². The van der Waals surface area contributed by atoms with Gasteiger partial charge in [0.2, 0.25) is 5.91 Å². The van der Waals surface area contributed by atoms with E-state index in [2.05, 4.69) is 20.7 Å². The highest BCUT2D eigenvalue weighted by Crippen LogP contribution is 2.31. The molecule has 2 aliphatic rings. The fourth-order valence-electron chi connectivity index (χ4n) is 3.23. The average molecular weight is 498 g/mol. The molecule has 2 aromatic rings. The van der Waals surface area contributed by atoms with E-state index in [9.17, 15) is 18.0 Å². The maximum absolute atomic E-state index is 12.7. The van der Waals surface area contributed by atoms with Crippen molar-refractivity contribution in [3.63, 3.8) is 0 Å². The van der Waals surface area contributed by atoms with Gasteiger partial charge in [-0.3, -0.25) is 14.3 Å². The number of rotatable bonds is 5. The van der Waals surface area contributed by atoms with E-state index >= 15 is 0 Å². The van der Waals surface area contributed by atoms with Gasteiger partial charge in [-0.1, -0.05) is 0 Å². The summed E-state index contributed by atoms with van der Waals surface area (Å²) >= 11 is 4.38. The van der Waals surface area contributed by atoms with Crippen molar-refractivity contribution in [1.82, 2.24) is 9.80 Å². The zero-order chi connectivity index (χ0) is 20.6. The second-order valence-corrected chi connectivity index (χ2v) is 11.5. The summed E-state index contributed by atoms with van der Waals surface area (Å²) in [6.07, 6.45) is 1.97. The second kappa shape index (κ2) is 8.08. The minimum absolute atomic E-state index is 0.111. The second-order valence-electron chi connectivity index (χ2n) is 7.13. The van der Waals surface area contributed by atoms with Crippen molar-refractivity contribution < 1.29 is 18.0 Å². The van der Waals surface area contributed by atoms with Crippen LogP contribution in [0.2, 0.25) is 0 Å². The number of amides is 2. The lowest BCUT2D eigenvalue weighted by atomic mass is 10.1. The van der Waals surface area contributed by atoms with E-state index in [1.54, 1.807) is 35.2 Å². The first kappa shape index (κ1) is 20.4. The summed E-state index contributed by atoms with van der Waals surface area (Å²) in [5.74, 6) is 0.301. The third-order valence-electron chi connectivity index (χ3n) is 5.00. The Balaban J connectivity index is 1.36. The standard InChI is InChI=1S/C19H20BrN3O4S2/c20-16-7-8-17(28-16)29(26,27)21-15-5-3-14(4-6-15)19(25)23-11-9-22(10-12-23)18(24)13-1-2-13/h3-8,13,21H,1-2,9-12H2. The highest BCUT2D eigenvalue weighted by atomic mass is 79.9. The molecule has 2 fully saturated rings. The third kappa shape index (κ3) is 4.65. The molecule has 1 saturated carbocycles. The maximum Gasteiger partial charge on any atom is 0.271 e. The van der Waals surface area contributed by atoms with Crippen LogP contribution in [0.25, 0.3) is 0 Å². The Morgan fingerprint density at radius 2 is 1.59 bits per heavy atom. The van der Waals surface area contributed by atoms with Gasteiger partial charge in [0, 0.05) is 43.3 Å². The minimum atomic E-state index is -3.66. The third-order valence-corrected chi connectivity index (χ3v) is 8.50. The number of nitrogens with one attached hydrogen (secondary N) is 1. The molecule has 10 heteroatoms. The van der Waals surface area contributed by atoms with Crippen molar-refractivity contribution in [2.75, 3.05) is 30.9 Å². The van der Waals surface area contributed by atoms with Crippen LogP contribution in [0.5, 0.6) is 0 Å². The number of sulfonamides is 1. The Labute approximate surface area is 181 Å². The van der Waals surface area contributed by atoms with Crippen molar-refractivity contribution in [2.45, 2.75) is 17.1 Å². The molecule has 0 radical (unpaired) electrons. The molecule has 29 heavy (non-hydrogen) atoms. The van der Waals surface area contributed by atoms with Gasteiger partial charge in [0.25, 0.3) is 15.9 Å². The van der Waals surface area contributed by atoms with Crippen LogP contribution in [-0.4, -0.2) is 56.2 Å². The fourth-order valence-corrected chi connectivity index (χ4v) is 6.30. The number of carbonyl (C=O) groups is 2. The Morgan fingerprint density at radius 1 is 0.966 bits per heavy atom. The lowest BCUT2D eigenvalue weighted by Crippen LogP contribution is -2.51. The van der Waals surface area contributed by atoms with E-state index in [1.807, 2.05) is 4.90 Å². The van der Waals surface area contributed by atoms with Crippen LogP contribution in [0, 0.1) is 5.92 Å². The van der Waals surface area contributed by atoms with Gasteiger partial charge < -0.3 is 9.80 Å². The highest BCUT2D eigenvalue weighted by molar-refractivity contribution is 9.11. The number of thiophene rings is 1. The van der Waals surface area contributed by atoms with Crippen LogP contribution in [0.3, 0.4) is 0 Å². The van der Waals surface area contributed by atoms with Crippen molar-refractivity contribution in [1.29, 1.82) is 0 Å². The smallest absolute Gasteiger partial charge is 0.271 e. The Bertz CT molecular complexity index is 1020. The van der Waals surface area contributed by atoms with Crippen LogP contribution in [0.15, 0.2) is 44.4 Å². The first-order valence-electron chi connectivity index (χ1n) is 9.30. The van der Waals surface area contributed by atoms with E-state index in [0.717, 1.165) is 28.0 Å². The van der Waals surface area contributed by atoms with Crippen LogP contribution >= 0.6 is 27.3 Å². The van der Waals surface area contributed by atoms with Crippen molar-refractivity contribution in [3.8, 4) is 0 Å².